The van der Waals surface area contributed by atoms with E-state index >= 15 is 0 Å². The van der Waals surface area contributed by atoms with Gasteiger partial charge in [0.1, 0.15) is 6.61 Å². The lowest BCUT2D eigenvalue weighted by molar-refractivity contribution is -0.146. The fourth-order valence-electron chi connectivity index (χ4n) is 0.751. The van der Waals surface area contributed by atoms with Crippen LogP contribution in [-0.4, -0.2) is 32.9 Å². The average Bonchev–Trinajstić information content (AvgIpc) is 1.86. The lowest BCUT2D eigenvalue weighted by atomic mass is 10.5. The first-order valence-corrected chi connectivity index (χ1v) is 4.54. The number of hydrogen-bond donors (Lipinski definition) is 2. The normalized spacial score (nSPS) is 26.3. The first-order valence-electron chi connectivity index (χ1n) is 2.93. The van der Waals surface area contributed by atoms with Crippen molar-refractivity contribution < 1.29 is 17.9 Å². The number of morpholine rings is 1. The van der Waals surface area contributed by atoms with Gasteiger partial charge < -0.3 is 4.74 Å². The van der Waals surface area contributed by atoms with E-state index in [9.17, 15) is 13.2 Å². The van der Waals surface area contributed by atoms with Crippen LogP contribution in [0, 0.1) is 0 Å². The molecule has 1 unspecified atom stereocenters. The van der Waals surface area contributed by atoms with Crippen LogP contribution in [0.2, 0.25) is 0 Å². The summed E-state index contributed by atoms with van der Waals surface area (Å²) in [6.07, 6.45) is 0. The Hall–Kier alpha value is -0.660. The molecule has 1 aliphatic heterocycles. The molecule has 64 valence electrons. The Labute approximate surface area is 63.8 Å². The molecule has 0 spiro atoms. The monoisotopic (exact) mass is 180 g/mol. The van der Waals surface area contributed by atoms with Crippen LogP contribution in [0.3, 0.4) is 0 Å². The van der Waals surface area contributed by atoms with Gasteiger partial charge in [0.25, 0.3) is 0 Å². The summed E-state index contributed by atoms with van der Waals surface area (Å²) in [5, 5.41) is 5.74. The molecule has 0 aliphatic carbocycles. The Balaban J connectivity index is 2.78. The van der Waals surface area contributed by atoms with Crippen LogP contribution in [0.25, 0.3) is 0 Å². The first-order chi connectivity index (χ1) is 5.02. The van der Waals surface area contributed by atoms with Crippen molar-refractivity contribution in [3.8, 4) is 0 Å². The Bertz CT molecular complexity index is 259. The molecule has 1 aliphatic rings. The second-order valence-electron chi connectivity index (χ2n) is 2.09. The lowest BCUT2D eigenvalue weighted by Crippen LogP contribution is -2.52. The van der Waals surface area contributed by atoms with Crippen molar-refractivity contribution in [3.05, 3.63) is 0 Å². The SMILES string of the molecule is NS(=O)(=O)C1NCCOC1=O. The van der Waals surface area contributed by atoms with Crippen LogP contribution in [0.5, 0.6) is 0 Å². The minimum atomic E-state index is -3.86. The summed E-state index contributed by atoms with van der Waals surface area (Å²) in [4.78, 5) is 10.7. The summed E-state index contributed by atoms with van der Waals surface area (Å²) in [7, 11) is -3.86. The number of ether oxygens (including phenoxy) is 1. The molecular weight excluding hydrogens is 172 g/mol. The van der Waals surface area contributed by atoms with Crippen molar-refractivity contribution in [1.82, 2.24) is 5.32 Å². The summed E-state index contributed by atoms with van der Waals surface area (Å²) in [6, 6.07) is 0. The highest BCUT2D eigenvalue weighted by Gasteiger charge is 2.33. The number of nitrogens with two attached hydrogens (primary N) is 1. The van der Waals surface area contributed by atoms with E-state index in [1.165, 1.54) is 0 Å². The van der Waals surface area contributed by atoms with Gasteiger partial charge in [-0.1, -0.05) is 0 Å². The second kappa shape index (κ2) is 2.76. The van der Waals surface area contributed by atoms with Crippen molar-refractivity contribution in [1.29, 1.82) is 0 Å². The molecule has 0 radical (unpaired) electrons. The molecule has 11 heavy (non-hydrogen) atoms. The zero-order valence-corrected chi connectivity index (χ0v) is 6.43. The number of rotatable bonds is 1. The molecule has 1 atom stereocenters. The Kier molecular flexibility index (Phi) is 2.12. The first kappa shape index (κ1) is 8.44. The number of nitrogens with one attached hydrogen (secondary N) is 1. The van der Waals surface area contributed by atoms with Crippen LogP contribution in [-0.2, 0) is 19.6 Å². The standard InChI is InChI=1S/C4H8N2O4S/c5-11(8,9)3-4(7)10-2-1-6-3/h3,6H,1-2H2,(H2,5,8,9). The third kappa shape index (κ3) is 1.88. The second-order valence-corrected chi connectivity index (χ2v) is 3.74. The maximum absolute atomic E-state index is 10.7. The maximum Gasteiger partial charge on any atom is 0.340 e. The highest BCUT2D eigenvalue weighted by atomic mass is 32.2. The Morgan fingerprint density at radius 3 is 2.64 bits per heavy atom. The van der Waals surface area contributed by atoms with Gasteiger partial charge in [-0.15, -0.1) is 0 Å². The molecule has 0 bridgehead atoms. The van der Waals surface area contributed by atoms with Gasteiger partial charge in [0.2, 0.25) is 15.4 Å². The van der Waals surface area contributed by atoms with Crippen molar-refractivity contribution in [3.63, 3.8) is 0 Å². The van der Waals surface area contributed by atoms with Gasteiger partial charge in [0.05, 0.1) is 0 Å². The molecule has 7 heteroatoms. The van der Waals surface area contributed by atoms with E-state index in [0.717, 1.165) is 0 Å². The number of hydrogen-bond acceptors (Lipinski definition) is 5. The lowest BCUT2D eigenvalue weighted by Gasteiger charge is -2.20. The number of carbonyl (C=O) groups excluding carboxylic acids is 1. The summed E-state index contributed by atoms with van der Waals surface area (Å²) < 4.78 is 25.7. The zero-order valence-electron chi connectivity index (χ0n) is 5.61. The molecule has 0 aromatic heterocycles. The highest BCUT2D eigenvalue weighted by molar-refractivity contribution is 7.90. The fraction of sp³-hybridized carbons (Fsp3) is 0.750. The average molecular weight is 180 g/mol. The van der Waals surface area contributed by atoms with Gasteiger partial charge in [-0.2, -0.15) is 0 Å². The van der Waals surface area contributed by atoms with E-state index in [-0.39, 0.29) is 6.61 Å². The van der Waals surface area contributed by atoms with Gasteiger partial charge in [0.15, 0.2) is 0 Å². The highest BCUT2D eigenvalue weighted by Crippen LogP contribution is 1.99. The molecule has 3 N–H and O–H groups in total. The summed E-state index contributed by atoms with van der Waals surface area (Å²) in [6.45, 7) is 0.498. The fourth-order valence-corrected chi connectivity index (χ4v) is 1.44. The molecule has 0 saturated carbocycles. The molecule has 6 nitrogen and oxygen atoms in total. The molecule has 1 rings (SSSR count). The third-order valence-electron chi connectivity index (χ3n) is 1.22. The third-order valence-corrected chi connectivity index (χ3v) is 2.23. The van der Waals surface area contributed by atoms with Crippen molar-refractivity contribution in [2.24, 2.45) is 5.14 Å². The molecule has 1 saturated heterocycles. The molecule has 0 aromatic rings. The largest absolute Gasteiger partial charge is 0.462 e. The van der Waals surface area contributed by atoms with Gasteiger partial charge in [-0.3, -0.25) is 5.32 Å². The van der Waals surface area contributed by atoms with Crippen molar-refractivity contribution in [2.75, 3.05) is 13.2 Å². The van der Waals surface area contributed by atoms with Gasteiger partial charge in [-0.25, -0.2) is 18.4 Å². The van der Waals surface area contributed by atoms with Crippen LogP contribution in [0.15, 0.2) is 0 Å². The van der Waals surface area contributed by atoms with Crippen molar-refractivity contribution in [2.45, 2.75) is 5.37 Å². The number of primary sulfonamides is 1. The van der Waals surface area contributed by atoms with Crippen LogP contribution < -0.4 is 10.5 Å². The minimum absolute atomic E-state index is 0.185. The summed E-state index contributed by atoms with van der Waals surface area (Å²) in [5.41, 5.74) is 0. The summed E-state index contributed by atoms with van der Waals surface area (Å²) in [5.74, 6) is -0.834. The Morgan fingerprint density at radius 1 is 1.64 bits per heavy atom. The number of cyclic esters (lactones) is 1. The van der Waals surface area contributed by atoms with Gasteiger partial charge in [-0.05, 0) is 0 Å². The van der Waals surface area contributed by atoms with Crippen LogP contribution in [0.1, 0.15) is 0 Å². The number of carbonyl (C=O) groups is 1. The molecule has 1 heterocycles. The smallest absolute Gasteiger partial charge is 0.340 e. The van der Waals surface area contributed by atoms with E-state index in [4.69, 9.17) is 5.14 Å². The maximum atomic E-state index is 10.7. The van der Waals surface area contributed by atoms with E-state index in [0.29, 0.717) is 6.54 Å². The molecule has 0 aromatic carbocycles. The summed E-state index contributed by atoms with van der Waals surface area (Å²) >= 11 is 0. The van der Waals surface area contributed by atoms with E-state index in [2.05, 4.69) is 10.1 Å². The topological polar surface area (TPSA) is 98.5 Å². The predicted molar refractivity (Wildman–Crippen MR) is 35.9 cm³/mol. The number of sulfonamides is 1. The number of esters is 1. The zero-order chi connectivity index (χ0) is 8.48. The molecule has 0 amide bonds. The molecule has 1 fully saturated rings. The Morgan fingerprint density at radius 2 is 2.27 bits per heavy atom. The minimum Gasteiger partial charge on any atom is -0.462 e. The predicted octanol–water partition coefficient (Wildman–Crippen LogP) is -2.25. The quantitative estimate of drug-likeness (QED) is 0.444. The van der Waals surface area contributed by atoms with Gasteiger partial charge >= 0.3 is 5.97 Å². The van der Waals surface area contributed by atoms with E-state index in [1.54, 1.807) is 0 Å². The van der Waals surface area contributed by atoms with Crippen molar-refractivity contribution >= 4 is 16.0 Å². The van der Waals surface area contributed by atoms with Crippen LogP contribution in [0.4, 0.5) is 0 Å². The molecular formula is C4H8N2O4S. The van der Waals surface area contributed by atoms with E-state index < -0.39 is 21.4 Å². The van der Waals surface area contributed by atoms with E-state index in [1.807, 2.05) is 0 Å². The van der Waals surface area contributed by atoms with Gasteiger partial charge in [0, 0.05) is 6.54 Å². The van der Waals surface area contributed by atoms with Crippen LogP contribution >= 0.6 is 0 Å².